The lowest BCUT2D eigenvalue weighted by Crippen LogP contribution is -2.03. The average molecular weight is 320 g/mol. The molecule has 4 heteroatoms. The van der Waals surface area contributed by atoms with Crippen molar-refractivity contribution in [3.05, 3.63) is 58.3 Å². The lowest BCUT2D eigenvalue weighted by molar-refractivity contribution is 0.0983. The first-order chi connectivity index (χ1) is 9.20. The summed E-state index contributed by atoms with van der Waals surface area (Å²) in [5.74, 6) is 0.706. The number of Topliss-reactive ketones (excluding diaryl/α,β-unsaturated/α-hetero) is 1. The topological polar surface area (TPSA) is 39.2 Å². The molecule has 0 bridgehead atoms. The van der Waals surface area contributed by atoms with Crippen LogP contribution in [0, 0.1) is 0 Å². The molecule has 2 aromatic rings. The Morgan fingerprint density at radius 3 is 2.84 bits per heavy atom. The average Bonchev–Trinajstić information content (AvgIpc) is 2.45. The Balaban J connectivity index is 2.13. The Hall–Kier alpha value is -1.68. The van der Waals surface area contributed by atoms with Crippen LogP contribution in [0.15, 0.2) is 47.2 Å². The Kier molecular flexibility index (Phi) is 4.68. The highest BCUT2D eigenvalue weighted by molar-refractivity contribution is 9.10. The van der Waals surface area contributed by atoms with Crippen LogP contribution in [0.3, 0.4) is 0 Å². The molecule has 0 radical (unpaired) electrons. The Labute approximate surface area is 120 Å². The molecule has 0 atom stereocenters. The fraction of sp³-hybridized carbons (Fsp3) is 0.200. The minimum absolute atomic E-state index is 0.0861. The molecule has 98 valence electrons. The van der Waals surface area contributed by atoms with E-state index in [1.165, 1.54) is 0 Å². The zero-order valence-corrected chi connectivity index (χ0v) is 12.2. The molecule has 0 saturated heterocycles. The van der Waals surface area contributed by atoms with Gasteiger partial charge in [0, 0.05) is 28.9 Å². The van der Waals surface area contributed by atoms with Gasteiger partial charge in [-0.25, -0.2) is 0 Å². The summed E-state index contributed by atoms with van der Waals surface area (Å²) in [4.78, 5) is 15.9. The molecule has 2 rings (SSSR count). The van der Waals surface area contributed by atoms with Gasteiger partial charge in [0.25, 0.3) is 0 Å². The van der Waals surface area contributed by atoms with Crippen molar-refractivity contribution >= 4 is 21.7 Å². The highest BCUT2D eigenvalue weighted by Crippen LogP contribution is 2.21. The molecular weight excluding hydrogens is 306 g/mol. The fourth-order valence-corrected chi connectivity index (χ4v) is 2.12. The summed E-state index contributed by atoms with van der Waals surface area (Å²) in [5, 5.41) is 0. The SMILES string of the molecule is CCC(=O)c1ccccc1OCc1cncc(Br)c1. The van der Waals surface area contributed by atoms with Crippen molar-refractivity contribution in [3.8, 4) is 5.75 Å². The molecule has 0 fully saturated rings. The van der Waals surface area contributed by atoms with Crippen molar-refractivity contribution in [1.82, 2.24) is 4.98 Å². The maximum absolute atomic E-state index is 11.8. The van der Waals surface area contributed by atoms with Gasteiger partial charge in [-0.05, 0) is 34.1 Å². The van der Waals surface area contributed by atoms with E-state index < -0.39 is 0 Å². The van der Waals surface area contributed by atoms with E-state index in [2.05, 4.69) is 20.9 Å². The smallest absolute Gasteiger partial charge is 0.166 e. The first-order valence-electron chi connectivity index (χ1n) is 6.05. The van der Waals surface area contributed by atoms with Crippen molar-refractivity contribution in [3.63, 3.8) is 0 Å². The molecule has 0 saturated carbocycles. The monoisotopic (exact) mass is 319 g/mol. The highest BCUT2D eigenvalue weighted by atomic mass is 79.9. The Morgan fingerprint density at radius 2 is 2.11 bits per heavy atom. The molecule has 0 aliphatic rings. The minimum atomic E-state index is 0.0861. The number of benzene rings is 1. The normalized spacial score (nSPS) is 10.2. The summed E-state index contributed by atoms with van der Waals surface area (Å²) < 4.78 is 6.63. The Morgan fingerprint density at radius 1 is 1.32 bits per heavy atom. The molecule has 3 nitrogen and oxygen atoms in total. The third-order valence-electron chi connectivity index (χ3n) is 2.66. The number of ketones is 1. The van der Waals surface area contributed by atoms with Crippen molar-refractivity contribution < 1.29 is 9.53 Å². The lowest BCUT2D eigenvalue weighted by Gasteiger charge is -2.10. The van der Waals surface area contributed by atoms with Gasteiger partial charge in [0.2, 0.25) is 0 Å². The van der Waals surface area contributed by atoms with Crippen LogP contribution in [0.2, 0.25) is 0 Å². The first kappa shape index (κ1) is 13.7. The quantitative estimate of drug-likeness (QED) is 0.781. The van der Waals surface area contributed by atoms with Crippen LogP contribution in [0.5, 0.6) is 5.75 Å². The number of hydrogen-bond donors (Lipinski definition) is 0. The van der Waals surface area contributed by atoms with Crippen LogP contribution in [0.1, 0.15) is 29.3 Å². The third-order valence-corrected chi connectivity index (χ3v) is 3.10. The third kappa shape index (κ3) is 3.64. The molecule has 1 aromatic heterocycles. The number of rotatable bonds is 5. The lowest BCUT2D eigenvalue weighted by atomic mass is 10.1. The second-order valence-electron chi connectivity index (χ2n) is 4.07. The predicted molar refractivity (Wildman–Crippen MR) is 77.3 cm³/mol. The maximum atomic E-state index is 11.8. The van der Waals surface area contributed by atoms with E-state index in [0.717, 1.165) is 10.0 Å². The number of carbonyl (C=O) groups excluding carboxylic acids is 1. The number of ether oxygens (including phenoxy) is 1. The largest absolute Gasteiger partial charge is 0.488 e. The summed E-state index contributed by atoms with van der Waals surface area (Å²) >= 11 is 3.37. The van der Waals surface area contributed by atoms with Crippen LogP contribution in [0.4, 0.5) is 0 Å². The van der Waals surface area contributed by atoms with Crippen LogP contribution < -0.4 is 4.74 Å². The predicted octanol–water partition coefficient (Wildman–Crippen LogP) is 4.02. The van der Waals surface area contributed by atoms with Gasteiger partial charge in [0.1, 0.15) is 12.4 Å². The van der Waals surface area contributed by atoms with Gasteiger partial charge < -0.3 is 4.74 Å². The van der Waals surface area contributed by atoms with Crippen molar-refractivity contribution in [2.24, 2.45) is 0 Å². The van der Waals surface area contributed by atoms with Gasteiger partial charge in [-0.2, -0.15) is 0 Å². The van der Waals surface area contributed by atoms with E-state index in [-0.39, 0.29) is 5.78 Å². The van der Waals surface area contributed by atoms with Gasteiger partial charge in [0.15, 0.2) is 5.78 Å². The molecule has 0 aliphatic heterocycles. The number of para-hydroxylation sites is 1. The van der Waals surface area contributed by atoms with Crippen molar-refractivity contribution in [2.75, 3.05) is 0 Å². The maximum Gasteiger partial charge on any atom is 0.166 e. The molecule has 0 amide bonds. The van der Waals surface area contributed by atoms with Gasteiger partial charge in [-0.3, -0.25) is 9.78 Å². The van der Waals surface area contributed by atoms with E-state index in [0.29, 0.717) is 24.3 Å². The highest BCUT2D eigenvalue weighted by Gasteiger charge is 2.10. The van der Waals surface area contributed by atoms with E-state index in [4.69, 9.17) is 4.74 Å². The number of aromatic nitrogens is 1. The van der Waals surface area contributed by atoms with Gasteiger partial charge in [-0.1, -0.05) is 19.1 Å². The summed E-state index contributed by atoms with van der Waals surface area (Å²) in [7, 11) is 0. The number of nitrogens with zero attached hydrogens (tertiary/aromatic N) is 1. The zero-order chi connectivity index (χ0) is 13.7. The molecule has 0 unspecified atom stereocenters. The molecule has 0 spiro atoms. The summed E-state index contributed by atoms with van der Waals surface area (Å²) in [6.07, 6.45) is 3.94. The Bertz CT molecular complexity index is 584. The standard InChI is InChI=1S/C15H14BrNO2/c1-2-14(18)13-5-3-4-6-15(13)19-10-11-7-12(16)9-17-8-11/h3-9H,2,10H2,1H3. The molecule has 0 aliphatic carbocycles. The van der Waals surface area contributed by atoms with Crippen LogP contribution >= 0.6 is 15.9 Å². The van der Waals surface area contributed by atoms with Crippen LogP contribution in [-0.2, 0) is 6.61 Å². The van der Waals surface area contributed by atoms with E-state index >= 15 is 0 Å². The number of carbonyl (C=O) groups is 1. The number of hydrogen-bond acceptors (Lipinski definition) is 3. The second kappa shape index (κ2) is 6.48. The molecule has 19 heavy (non-hydrogen) atoms. The van der Waals surface area contributed by atoms with Crippen molar-refractivity contribution in [2.45, 2.75) is 20.0 Å². The minimum Gasteiger partial charge on any atom is -0.488 e. The fourth-order valence-electron chi connectivity index (χ4n) is 1.71. The number of pyridine rings is 1. The molecular formula is C15H14BrNO2. The summed E-state index contributed by atoms with van der Waals surface area (Å²) in [5.41, 5.74) is 1.58. The zero-order valence-electron chi connectivity index (χ0n) is 10.6. The van der Waals surface area contributed by atoms with Crippen molar-refractivity contribution in [1.29, 1.82) is 0 Å². The van der Waals surface area contributed by atoms with Gasteiger partial charge >= 0.3 is 0 Å². The van der Waals surface area contributed by atoms with Gasteiger partial charge in [-0.15, -0.1) is 0 Å². The number of halogens is 1. The van der Waals surface area contributed by atoms with Gasteiger partial charge in [0.05, 0.1) is 5.56 Å². The van der Waals surface area contributed by atoms with E-state index in [9.17, 15) is 4.79 Å². The van der Waals surface area contributed by atoms with Crippen LogP contribution in [-0.4, -0.2) is 10.8 Å². The molecule has 1 heterocycles. The first-order valence-corrected chi connectivity index (χ1v) is 6.84. The van der Waals surface area contributed by atoms with E-state index in [1.54, 1.807) is 18.5 Å². The van der Waals surface area contributed by atoms with Crippen LogP contribution in [0.25, 0.3) is 0 Å². The molecule has 0 N–H and O–H groups in total. The molecule has 1 aromatic carbocycles. The second-order valence-corrected chi connectivity index (χ2v) is 4.99. The van der Waals surface area contributed by atoms with E-state index in [1.807, 2.05) is 31.2 Å². The summed E-state index contributed by atoms with van der Waals surface area (Å²) in [6, 6.07) is 9.25. The summed E-state index contributed by atoms with van der Waals surface area (Å²) in [6.45, 7) is 2.23.